The first-order valence-corrected chi connectivity index (χ1v) is 11.4. The fraction of sp³-hybridized carbons (Fsp3) is 0.348. The summed E-state index contributed by atoms with van der Waals surface area (Å²) in [6, 6.07) is 6.66. The van der Waals surface area contributed by atoms with Crippen molar-refractivity contribution in [2.75, 3.05) is 12.4 Å². The van der Waals surface area contributed by atoms with E-state index in [0.29, 0.717) is 6.04 Å². The average molecular weight is 435 g/mol. The molecule has 8 heteroatoms. The predicted molar refractivity (Wildman–Crippen MR) is 124 cm³/mol. The smallest absolute Gasteiger partial charge is 0.188 e. The number of benzene rings is 1. The molecule has 5 rings (SSSR count). The monoisotopic (exact) mass is 434 g/mol. The van der Waals surface area contributed by atoms with E-state index < -0.39 is 0 Å². The number of imidazole rings is 1. The van der Waals surface area contributed by atoms with E-state index in [1.807, 2.05) is 29.8 Å². The molecule has 0 amide bonds. The largest absolute Gasteiger partial charge is 0.495 e. The Morgan fingerprint density at radius 2 is 2.10 bits per heavy atom. The summed E-state index contributed by atoms with van der Waals surface area (Å²) in [5, 5.41) is 11.3. The lowest BCUT2D eigenvalue weighted by molar-refractivity contribution is 0.413. The van der Waals surface area contributed by atoms with Crippen LogP contribution in [-0.4, -0.2) is 31.4 Å². The van der Waals surface area contributed by atoms with Gasteiger partial charge in [-0.15, -0.1) is 11.3 Å². The first-order valence-electron chi connectivity index (χ1n) is 10.6. The normalized spacial score (nSPS) is 13.5. The minimum absolute atomic E-state index is 0.518. The molecule has 1 saturated carbocycles. The molecule has 1 fully saturated rings. The molecular formula is C23H26N6OS. The maximum atomic E-state index is 5.65. The van der Waals surface area contributed by atoms with Gasteiger partial charge in [0.25, 0.3) is 0 Å². The summed E-state index contributed by atoms with van der Waals surface area (Å²) in [5.41, 5.74) is 6.23. The Balaban J connectivity index is 1.43. The van der Waals surface area contributed by atoms with E-state index in [2.05, 4.69) is 40.3 Å². The number of nitrogens with zero attached hydrogens (tertiary/aromatic N) is 5. The lowest BCUT2D eigenvalue weighted by Gasteiger charge is -2.10. The summed E-state index contributed by atoms with van der Waals surface area (Å²) >= 11 is 1.60. The Morgan fingerprint density at radius 3 is 2.77 bits per heavy atom. The maximum absolute atomic E-state index is 5.65. The Hall–Kier alpha value is -3.13. The Kier molecular flexibility index (Phi) is 5.02. The quantitative estimate of drug-likeness (QED) is 0.418. The molecule has 1 aliphatic rings. The number of ether oxygens (including phenoxy) is 1. The first kappa shape index (κ1) is 19.8. The van der Waals surface area contributed by atoms with Gasteiger partial charge in [0.2, 0.25) is 0 Å². The molecule has 160 valence electrons. The van der Waals surface area contributed by atoms with E-state index in [1.165, 1.54) is 18.4 Å². The molecule has 0 saturated heterocycles. The van der Waals surface area contributed by atoms with Crippen LogP contribution >= 0.6 is 11.3 Å². The van der Waals surface area contributed by atoms with Crippen molar-refractivity contribution in [2.45, 2.75) is 46.1 Å². The predicted octanol–water partition coefficient (Wildman–Crippen LogP) is 5.46. The van der Waals surface area contributed by atoms with Gasteiger partial charge in [-0.2, -0.15) is 5.10 Å². The standard InChI is InChI=1S/C23H26N6OS/c1-5-18-15(3)22(29(27-18)17-7-8-17)26-23-25-19(12-31-23)16-6-9-20(21(10-16)30-4)28-11-14(2)24-13-28/h6,9-13,17H,5,7-8H2,1-4H3,(H,25,26). The van der Waals surface area contributed by atoms with Crippen molar-refractivity contribution in [3.05, 3.63) is 53.1 Å². The van der Waals surface area contributed by atoms with Crippen LogP contribution in [0.2, 0.25) is 0 Å². The zero-order valence-corrected chi connectivity index (χ0v) is 19.0. The second kappa shape index (κ2) is 7.85. The fourth-order valence-electron chi connectivity index (χ4n) is 3.80. The molecule has 0 spiro atoms. The fourth-order valence-corrected chi connectivity index (χ4v) is 4.52. The number of anilines is 2. The molecule has 31 heavy (non-hydrogen) atoms. The van der Waals surface area contributed by atoms with Gasteiger partial charge in [-0.3, -0.25) is 0 Å². The van der Waals surface area contributed by atoms with E-state index >= 15 is 0 Å². The van der Waals surface area contributed by atoms with Gasteiger partial charge in [0.1, 0.15) is 11.6 Å². The van der Waals surface area contributed by atoms with Crippen LogP contribution in [0.3, 0.4) is 0 Å². The van der Waals surface area contributed by atoms with Crippen LogP contribution in [0.15, 0.2) is 36.1 Å². The van der Waals surface area contributed by atoms with Gasteiger partial charge < -0.3 is 14.6 Å². The molecule has 3 heterocycles. The summed E-state index contributed by atoms with van der Waals surface area (Å²) in [4.78, 5) is 9.16. The molecule has 0 aliphatic heterocycles. The highest BCUT2D eigenvalue weighted by Gasteiger charge is 2.29. The van der Waals surface area contributed by atoms with Crippen LogP contribution in [0, 0.1) is 13.8 Å². The van der Waals surface area contributed by atoms with Gasteiger partial charge >= 0.3 is 0 Å². The molecule has 1 N–H and O–H groups in total. The maximum Gasteiger partial charge on any atom is 0.188 e. The zero-order valence-electron chi connectivity index (χ0n) is 18.2. The van der Waals surface area contributed by atoms with E-state index in [-0.39, 0.29) is 0 Å². The molecule has 4 aromatic rings. The second-order valence-corrected chi connectivity index (χ2v) is 8.78. The molecule has 0 unspecified atom stereocenters. The highest BCUT2D eigenvalue weighted by atomic mass is 32.1. The summed E-state index contributed by atoms with van der Waals surface area (Å²) in [5.74, 6) is 1.86. The highest BCUT2D eigenvalue weighted by molar-refractivity contribution is 7.14. The molecule has 3 aromatic heterocycles. The molecule has 0 radical (unpaired) electrons. The van der Waals surface area contributed by atoms with Gasteiger partial charge in [-0.05, 0) is 45.2 Å². The van der Waals surface area contributed by atoms with Crippen molar-refractivity contribution in [2.24, 2.45) is 0 Å². The van der Waals surface area contributed by atoms with Crippen molar-refractivity contribution < 1.29 is 4.74 Å². The molecule has 1 aliphatic carbocycles. The van der Waals surface area contributed by atoms with E-state index in [4.69, 9.17) is 14.8 Å². The van der Waals surface area contributed by atoms with E-state index in [0.717, 1.165) is 51.5 Å². The zero-order chi connectivity index (χ0) is 21.5. The van der Waals surface area contributed by atoms with Crippen molar-refractivity contribution in [3.63, 3.8) is 0 Å². The molecule has 1 aromatic carbocycles. The minimum atomic E-state index is 0.518. The van der Waals surface area contributed by atoms with Crippen LogP contribution in [-0.2, 0) is 6.42 Å². The summed E-state index contributed by atoms with van der Waals surface area (Å²) < 4.78 is 9.78. The van der Waals surface area contributed by atoms with Crippen LogP contribution < -0.4 is 10.1 Å². The topological polar surface area (TPSA) is 69.8 Å². The van der Waals surface area contributed by atoms with E-state index in [9.17, 15) is 0 Å². The molecule has 0 atom stereocenters. The third kappa shape index (κ3) is 3.72. The lowest BCUT2D eigenvalue weighted by atomic mass is 10.1. The third-order valence-electron chi connectivity index (χ3n) is 5.67. The third-order valence-corrected chi connectivity index (χ3v) is 6.43. The van der Waals surface area contributed by atoms with Crippen molar-refractivity contribution in [1.82, 2.24) is 24.3 Å². The van der Waals surface area contributed by atoms with Gasteiger partial charge in [0.05, 0.1) is 42.2 Å². The average Bonchev–Trinajstić information content (AvgIpc) is 3.22. The second-order valence-electron chi connectivity index (χ2n) is 7.92. The number of rotatable bonds is 7. The van der Waals surface area contributed by atoms with Gasteiger partial charge in [0, 0.05) is 22.7 Å². The Labute approximate surface area is 185 Å². The highest BCUT2D eigenvalue weighted by Crippen LogP contribution is 2.40. The number of hydrogen-bond acceptors (Lipinski definition) is 6. The van der Waals surface area contributed by atoms with Gasteiger partial charge in [-0.25, -0.2) is 14.6 Å². The summed E-state index contributed by atoms with van der Waals surface area (Å²) in [7, 11) is 1.69. The van der Waals surface area contributed by atoms with Crippen molar-refractivity contribution in [3.8, 4) is 22.7 Å². The number of thiazole rings is 1. The molecule has 0 bridgehead atoms. The van der Waals surface area contributed by atoms with Gasteiger partial charge in [0.15, 0.2) is 5.13 Å². The number of hydrogen-bond donors (Lipinski definition) is 1. The van der Waals surface area contributed by atoms with Crippen molar-refractivity contribution >= 4 is 22.3 Å². The summed E-state index contributed by atoms with van der Waals surface area (Å²) in [6.45, 7) is 6.27. The number of nitrogens with one attached hydrogen (secondary N) is 1. The lowest BCUT2D eigenvalue weighted by Crippen LogP contribution is -2.03. The van der Waals surface area contributed by atoms with Crippen LogP contribution in [0.1, 0.15) is 42.8 Å². The van der Waals surface area contributed by atoms with Crippen molar-refractivity contribution in [1.29, 1.82) is 0 Å². The van der Waals surface area contributed by atoms with Gasteiger partial charge in [-0.1, -0.05) is 13.0 Å². The molecule has 7 nitrogen and oxygen atoms in total. The van der Waals surface area contributed by atoms with Crippen LogP contribution in [0.25, 0.3) is 16.9 Å². The Morgan fingerprint density at radius 1 is 1.26 bits per heavy atom. The molecular weight excluding hydrogens is 408 g/mol. The SMILES string of the molecule is CCc1nn(C2CC2)c(Nc2nc(-c3ccc(-n4cnc(C)c4)c(OC)c3)cs2)c1C. The number of aryl methyl sites for hydroxylation is 2. The number of methoxy groups -OCH3 is 1. The van der Waals surface area contributed by atoms with E-state index in [1.54, 1.807) is 24.8 Å². The minimum Gasteiger partial charge on any atom is -0.495 e. The van der Waals surface area contributed by atoms with Crippen LogP contribution in [0.5, 0.6) is 5.75 Å². The summed E-state index contributed by atoms with van der Waals surface area (Å²) in [6.07, 6.45) is 7.12. The first-order chi connectivity index (χ1) is 15.1. The number of aromatic nitrogens is 5. The Bertz CT molecular complexity index is 1230. The van der Waals surface area contributed by atoms with Crippen LogP contribution in [0.4, 0.5) is 10.9 Å².